The maximum absolute atomic E-state index is 12.1. The van der Waals surface area contributed by atoms with E-state index < -0.39 is 0 Å². The first-order valence-electron chi connectivity index (χ1n) is 8.17. The molecule has 0 bridgehead atoms. The summed E-state index contributed by atoms with van der Waals surface area (Å²) in [6.07, 6.45) is 4.58. The summed E-state index contributed by atoms with van der Waals surface area (Å²) < 4.78 is 5.05. The quantitative estimate of drug-likeness (QED) is 0.762. The first kappa shape index (κ1) is 19.0. The topological polar surface area (TPSA) is 83.4 Å². The van der Waals surface area contributed by atoms with Gasteiger partial charge in [0.1, 0.15) is 0 Å². The van der Waals surface area contributed by atoms with Crippen LogP contribution in [0.25, 0.3) is 0 Å². The number of nitrogens with one attached hydrogen (secondary N) is 3. The van der Waals surface area contributed by atoms with E-state index in [1.54, 1.807) is 24.3 Å². The molecule has 2 heterocycles. The van der Waals surface area contributed by atoms with Crippen molar-refractivity contribution >= 4 is 29.9 Å². The molecular formula is C18H22ClN3O3. The van der Waals surface area contributed by atoms with E-state index in [9.17, 15) is 9.59 Å². The van der Waals surface area contributed by atoms with E-state index in [1.165, 1.54) is 6.26 Å². The maximum atomic E-state index is 12.1. The van der Waals surface area contributed by atoms with Crippen LogP contribution in [-0.2, 0) is 11.3 Å². The molecule has 1 aromatic heterocycles. The molecule has 1 aromatic carbocycles. The molecule has 1 aliphatic heterocycles. The zero-order chi connectivity index (χ0) is 16.8. The number of piperidine rings is 1. The van der Waals surface area contributed by atoms with Crippen LogP contribution in [0.1, 0.15) is 35.4 Å². The van der Waals surface area contributed by atoms with Crippen LogP contribution in [0.15, 0.2) is 47.1 Å². The average Bonchev–Trinajstić information content (AvgIpc) is 3.16. The first-order valence-corrected chi connectivity index (χ1v) is 8.17. The van der Waals surface area contributed by atoms with E-state index in [2.05, 4.69) is 16.0 Å². The summed E-state index contributed by atoms with van der Waals surface area (Å²) in [4.78, 5) is 24.0. The second-order valence-corrected chi connectivity index (χ2v) is 5.85. The Morgan fingerprint density at radius 3 is 2.60 bits per heavy atom. The Balaban J connectivity index is 0.00000225. The van der Waals surface area contributed by atoms with Gasteiger partial charge in [-0.3, -0.25) is 9.59 Å². The third-order valence-corrected chi connectivity index (χ3v) is 4.05. The highest BCUT2D eigenvalue weighted by atomic mass is 35.5. The van der Waals surface area contributed by atoms with Crippen LogP contribution in [0.2, 0.25) is 0 Å². The predicted molar refractivity (Wildman–Crippen MR) is 97.8 cm³/mol. The number of hydrogen-bond acceptors (Lipinski definition) is 4. The smallest absolute Gasteiger partial charge is 0.291 e. The van der Waals surface area contributed by atoms with Gasteiger partial charge in [-0.15, -0.1) is 12.4 Å². The Hall–Kier alpha value is -2.31. The second kappa shape index (κ2) is 9.25. The highest BCUT2D eigenvalue weighted by Crippen LogP contribution is 2.12. The first-order chi connectivity index (χ1) is 11.7. The van der Waals surface area contributed by atoms with Crippen LogP contribution in [0, 0.1) is 0 Å². The minimum atomic E-state index is -0.288. The number of halogens is 1. The summed E-state index contributed by atoms with van der Waals surface area (Å²) in [5.41, 5.74) is 1.66. The van der Waals surface area contributed by atoms with Gasteiger partial charge in [-0.25, -0.2) is 0 Å². The van der Waals surface area contributed by atoms with Crippen LogP contribution in [0.3, 0.4) is 0 Å². The lowest BCUT2D eigenvalue weighted by atomic mass is 10.0. The summed E-state index contributed by atoms with van der Waals surface area (Å²) in [7, 11) is 0. The molecule has 1 fully saturated rings. The molecule has 1 atom stereocenters. The van der Waals surface area contributed by atoms with Gasteiger partial charge in [0.25, 0.3) is 5.91 Å². The molecule has 0 radical (unpaired) electrons. The molecule has 3 rings (SSSR count). The highest BCUT2D eigenvalue weighted by Gasteiger charge is 2.19. The average molecular weight is 364 g/mol. The van der Waals surface area contributed by atoms with Crippen molar-refractivity contribution in [3.63, 3.8) is 0 Å². The molecule has 25 heavy (non-hydrogen) atoms. The molecule has 7 heteroatoms. The molecule has 134 valence electrons. The molecular weight excluding hydrogens is 342 g/mol. The van der Waals surface area contributed by atoms with Crippen molar-refractivity contribution in [3.05, 3.63) is 54.0 Å². The highest BCUT2D eigenvalue weighted by molar-refractivity contribution is 6.02. The fraction of sp³-hybridized carbons (Fsp3) is 0.333. The molecule has 1 saturated heterocycles. The van der Waals surface area contributed by atoms with Gasteiger partial charge in [-0.2, -0.15) is 0 Å². The Bertz CT molecular complexity index is 680. The van der Waals surface area contributed by atoms with Crippen LogP contribution in [0.5, 0.6) is 0 Å². The molecule has 2 amide bonds. The van der Waals surface area contributed by atoms with Gasteiger partial charge in [0, 0.05) is 12.2 Å². The molecule has 0 aliphatic carbocycles. The number of anilines is 1. The van der Waals surface area contributed by atoms with E-state index in [4.69, 9.17) is 4.42 Å². The van der Waals surface area contributed by atoms with Crippen molar-refractivity contribution in [1.82, 2.24) is 10.6 Å². The number of hydrogen-bond donors (Lipinski definition) is 3. The zero-order valence-corrected chi connectivity index (χ0v) is 14.6. The Morgan fingerprint density at radius 1 is 1.16 bits per heavy atom. The lowest BCUT2D eigenvalue weighted by Gasteiger charge is -2.22. The van der Waals surface area contributed by atoms with Crippen LogP contribution in [0.4, 0.5) is 5.69 Å². The number of rotatable bonds is 5. The van der Waals surface area contributed by atoms with E-state index in [0.717, 1.165) is 31.4 Å². The summed E-state index contributed by atoms with van der Waals surface area (Å²) in [5.74, 6) is 0.0284. The summed E-state index contributed by atoms with van der Waals surface area (Å²) in [5, 5.41) is 8.94. The Kier molecular flexibility index (Phi) is 7.03. The van der Waals surface area contributed by atoms with Crippen LogP contribution in [-0.4, -0.2) is 24.4 Å². The van der Waals surface area contributed by atoms with Gasteiger partial charge in [0.05, 0.1) is 12.3 Å². The fourth-order valence-corrected chi connectivity index (χ4v) is 2.69. The molecule has 3 N–H and O–H groups in total. The van der Waals surface area contributed by atoms with Crippen molar-refractivity contribution < 1.29 is 14.0 Å². The zero-order valence-electron chi connectivity index (χ0n) is 13.8. The maximum Gasteiger partial charge on any atom is 0.291 e. The van der Waals surface area contributed by atoms with E-state index in [1.807, 2.05) is 12.1 Å². The summed E-state index contributed by atoms with van der Waals surface area (Å²) in [6, 6.07) is 10.6. The van der Waals surface area contributed by atoms with Gasteiger partial charge >= 0.3 is 0 Å². The molecule has 0 unspecified atom stereocenters. The third kappa shape index (κ3) is 5.34. The van der Waals surface area contributed by atoms with Crippen molar-refractivity contribution in [3.8, 4) is 0 Å². The van der Waals surface area contributed by atoms with E-state index >= 15 is 0 Å². The summed E-state index contributed by atoms with van der Waals surface area (Å²) >= 11 is 0. The van der Waals surface area contributed by atoms with Gasteiger partial charge in [-0.05, 0) is 49.2 Å². The van der Waals surface area contributed by atoms with Crippen molar-refractivity contribution in [1.29, 1.82) is 0 Å². The van der Waals surface area contributed by atoms with Gasteiger partial charge in [0.15, 0.2) is 5.76 Å². The van der Waals surface area contributed by atoms with E-state index in [0.29, 0.717) is 12.2 Å². The molecule has 0 spiro atoms. The van der Waals surface area contributed by atoms with Crippen molar-refractivity contribution in [2.75, 3.05) is 11.9 Å². The van der Waals surface area contributed by atoms with Gasteiger partial charge in [0.2, 0.25) is 5.91 Å². The molecule has 1 aliphatic rings. The third-order valence-electron chi connectivity index (χ3n) is 4.05. The number of carbonyl (C=O) groups is 2. The minimum Gasteiger partial charge on any atom is -0.459 e. The monoisotopic (exact) mass is 363 g/mol. The molecule has 2 aromatic rings. The van der Waals surface area contributed by atoms with Crippen LogP contribution >= 0.6 is 12.4 Å². The largest absolute Gasteiger partial charge is 0.459 e. The predicted octanol–water partition coefficient (Wildman–Crippen LogP) is 2.71. The number of furan rings is 1. The van der Waals surface area contributed by atoms with Crippen molar-refractivity contribution in [2.24, 2.45) is 0 Å². The fourth-order valence-electron chi connectivity index (χ4n) is 2.69. The SMILES string of the molecule is Cl.O=C(Nc1ccc(CNC(=O)[C@H]2CCCCN2)cc1)c1ccco1. The Labute approximate surface area is 152 Å². The van der Waals surface area contributed by atoms with Crippen LogP contribution < -0.4 is 16.0 Å². The minimum absolute atomic E-state index is 0. The Morgan fingerprint density at radius 2 is 1.96 bits per heavy atom. The van der Waals surface area contributed by atoms with Crippen molar-refractivity contribution in [2.45, 2.75) is 31.8 Å². The lowest BCUT2D eigenvalue weighted by molar-refractivity contribution is -0.123. The number of benzene rings is 1. The summed E-state index contributed by atoms with van der Waals surface area (Å²) in [6.45, 7) is 1.38. The molecule has 0 saturated carbocycles. The molecule has 6 nitrogen and oxygen atoms in total. The lowest BCUT2D eigenvalue weighted by Crippen LogP contribution is -2.46. The van der Waals surface area contributed by atoms with Gasteiger partial charge in [-0.1, -0.05) is 18.6 Å². The number of carbonyl (C=O) groups excluding carboxylic acids is 2. The van der Waals surface area contributed by atoms with Gasteiger partial charge < -0.3 is 20.4 Å². The second-order valence-electron chi connectivity index (χ2n) is 5.85. The standard InChI is InChI=1S/C18H21N3O3.ClH/c22-17(15-4-1-2-10-19-15)20-12-13-6-8-14(9-7-13)21-18(23)16-5-3-11-24-16;/h3,5-9,11,15,19H,1-2,4,10,12H2,(H,20,22)(H,21,23);1H/t15-;/m1./s1. The number of amides is 2. The van der Waals surface area contributed by atoms with E-state index in [-0.39, 0.29) is 36.0 Å². The normalized spacial score (nSPS) is 16.6.